The van der Waals surface area contributed by atoms with E-state index in [0.717, 1.165) is 6.54 Å². The Balaban J connectivity index is 2.51. The molecule has 1 aliphatic rings. The fraction of sp³-hybridized carbons (Fsp3) is 0.846. The maximum atomic E-state index is 9.49. The van der Waals surface area contributed by atoms with Gasteiger partial charge in [-0.25, -0.2) is 0 Å². The lowest BCUT2D eigenvalue weighted by molar-refractivity contribution is 0.120. The minimum atomic E-state index is -0.859. The second-order valence-corrected chi connectivity index (χ2v) is 5.16. The van der Waals surface area contributed by atoms with Gasteiger partial charge in [-0.15, -0.1) is 0 Å². The zero-order valence-corrected chi connectivity index (χ0v) is 10.4. The minimum absolute atomic E-state index is 0.629. The van der Waals surface area contributed by atoms with E-state index in [2.05, 4.69) is 30.6 Å². The molecule has 0 spiro atoms. The number of piperidine rings is 1. The average Bonchev–Trinajstić information content (AvgIpc) is 2.08. The summed E-state index contributed by atoms with van der Waals surface area (Å²) in [5.41, 5.74) is -0.859. The summed E-state index contributed by atoms with van der Waals surface area (Å²) in [7, 11) is 0. The van der Waals surface area contributed by atoms with E-state index in [1.165, 1.54) is 19.3 Å². The lowest BCUT2D eigenvalue weighted by Gasteiger charge is -2.37. The Hall–Kier alpha value is -0.520. The van der Waals surface area contributed by atoms with Crippen molar-refractivity contribution < 1.29 is 5.11 Å². The quantitative estimate of drug-likeness (QED) is 0.668. The molecule has 0 aromatic heterocycles. The lowest BCUT2D eigenvalue weighted by atomic mass is 9.97. The highest BCUT2D eigenvalue weighted by molar-refractivity contribution is 5.11. The van der Waals surface area contributed by atoms with E-state index in [9.17, 15) is 5.11 Å². The molecule has 15 heavy (non-hydrogen) atoms. The molecule has 1 rings (SSSR count). The molecule has 0 radical (unpaired) electrons. The van der Waals surface area contributed by atoms with Crippen molar-refractivity contribution in [2.75, 3.05) is 6.54 Å². The van der Waals surface area contributed by atoms with Crippen LogP contribution in [0.25, 0.3) is 0 Å². The Morgan fingerprint density at radius 2 is 1.80 bits per heavy atom. The van der Waals surface area contributed by atoms with Crippen LogP contribution in [0.5, 0.6) is 0 Å². The van der Waals surface area contributed by atoms with Gasteiger partial charge < -0.3 is 5.11 Å². The highest BCUT2D eigenvalue weighted by Crippen LogP contribution is 2.21. The van der Waals surface area contributed by atoms with Gasteiger partial charge in [0.15, 0.2) is 0 Å². The summed E-state index contributed by atoms with van der Waals surface area (Å²) in [6.45, 7) is 8.77. The third-order valence-electron chi connectivity index (χ3n) is 3.03. The van der Waals surface area contributed by atoms with E-state index in [1.54, 1.807) is 13.8 Å². The smallest absolute Gasteiger partial charge is 0.120 e. The summed E-state index contributed by atoms with van der Waals surface area (Å²) < 4.78 is 0. The first-order chi connectivity index (χ1) is 6.90. The van der Waals surface area contributed by atoms with Gasteiger partial charge in [0.05, 0.1) is 6.54 Å². The molecule has 0 bridgehead atoms. The van der Waals surface area contributed by atoms with E-state index < -0.39 is 5.60 Å². The number of aliphatic hydroxyl groups is 1. The summed E-state index contributed by atoms with van der Waals surface area (Å²) in [4.78, 5) is 2.43. The Bertz CT molecular complexity index is 246. The van der Waals surface area contributed by atoms with Crippen molar-refractivity contribution in [2.45, 2.75) is 64.6 Å². The molecule has 1 aliphatic heterocycles. The van der Waals surface area contributed by atoms with Crippen LogP contribution in [0.4, 0.5) is 0 Å². The zero-order chi connectivity index (χ0) is 11.5. The molecule has 2 atom stereocenters. The van der Waals surface area contributed by atoms with Gasteiger partial charge >= 0.3 is 0 Å². The zero-order valence-electron chi connectivity index (χ0n) is 10.4. The molecule has 0 aromatic rings. The SMILES string of the molecule is C[C@@H]1CCC[C@@H](C)N1CC#CC(C)(C)O. The first-order valence-corrected chi connectivity index (χ1v) is 5.88. The van der Waals surface area contributed by atoms with Crippen LogP contribution in [0, 0.1) is 11.8 Å². The predicted molar refractivity (Wildman–Crippen MR) is 63.6 cm³/mol. The topological polar surface area (TPSA) is 23.5 Å². The monoisotopic (exact) mass is 209 g/mol. The molecule has 0 unspecified atom stereocenters. The van der Waals surface area contributed by atoms with E-state index in [4.69, 9.17) is 0 Å². The second-order valence-electron chi connectivity index (χ2n) is 5.16. The largest absolute Gasteiger partial charge is 0.378 e. The molecule has 0 amide bonds. The summed E-state index contributed by atoms with van der Waals surface area (Å²) >= 11 is 0. The third kappa shape index (κ3) is 4.24. The molecule has 2 nitrogen and oxygen atoms in total. The number of rotatable bonds is 1. The standard InChI is InChI=1S/C13H23NO/c1-11-7-5-8-12(2)14(11)10-6-9-13(3,4)15/h11-12,15H,5,7-8,10H2,1-4H3/t11-,12-/m1/s1. The molecule has 1 heterocycles. The molecular formula is C13H23NO. The summed E-state index contributed by atoms with van der Waals surface area (Å²) in [5, 5.41) is 9.49. The second kappa shape index (κ2) is 5.01. The van der Waals surface area contributed by atoms with Gasteiger partial charge in [0.2, 0.25) is 0 Å². The van der Waals surface area contributed by atoms with Crippen molar-refractivity contribution in [2.24, 2.45) is 0 Å². The van der Waals surface area contributed by atoms with Crippen LogP contribution >= 0.6 is 0 Å². The highest BCUT2D eigenvalue weighted by atomic mass is 16.3. The molecule has 2 heteroatoms. The van der Waals surface area contributed by atoms with Gasteiger partial charge in [0.1, 0.15) is 5.60 Å². The van der Waals surface area contributed by atoms with Crippen molar-refractivity contribution in [3.05, 3.63) is 0 Å². The van der Waals surface area contributed by atoms with Crippen molar-refractivity contribution >= 4 is 0 Å². The summed E-state index contributed by atoms with van der Waals surface area (Å²) in [5.74, 6) is 5.96. The van der Waals surface area contributed by atoms with Crippen molar-refractivity contribution in [3.8, 4) is 11.8 Å². The van der Waals surface area contributed by atoms with Crippen LogP contribution in [-0.4, -0.2) is 34.2 Å². The van der Waals surface area contributed by atoms with Crippen molar-refractivity contribution in [1.82, 2.24) is 4.90 Å². The first kappa shape index (κ1) is 12.5. The fourth-order valence-electron chi connectivity index (χ4n) is 2.13. The third-order valence-corrected chi connectivity index (χ3v) is 3.03. The molecule has 1 saturated heterocycles. The van der Waals surface area contributed by atoms with Crippen molar-refractivity contribution in [3.63, 3.8) is 0 Å². The Morgan fingerprint density at radius 1 is 1.27 bits per heavy atom. The summed E-state index contributed by atoms with van der Waals surface area (Å²) in [6.07, 6.45) is 3.88. The van der Waals surface area contributed by atoms with Gasteiger partial charge in [-0.05, 0) is 40.5 Å². The first-order valence-electron chi connectivity index (χ1n) is 5.88. The van der Waals surface area contributed by atoms with E-state index in [-0.39, 0.29) is 0 Å². The molecular weight excluding hydrogens is 186 g/mol. The minimum Gasteiger partial charge on any atom is -0.378 e. The van der Waals surface area contributed by atoms with Gasteiger partial charge in [0, 0.05) is 12.1 Å². The molecule has 0 aromatic carbocycles. The van der Waals surface area contributed by atoms with E-state index in [0.29, 0.717) is 12.1 Å². The van der Waals surface area contributed by atoms with Gasteiger partial charge in [-0.1, -0.05) is 18.3 Å². The Labute approximate surface area is 93.7 Å². The fourth-order valence-corrected chi connectivity index (χ4v) is 2.13. The predicted octanol–water partition coefficient (Wildman–Crippen LogP) is 2.02. The van der Waals surface area contributed by atoms with E-state index in [1.807, 2.05) is 0 Å². The number of likely N-dealkylation sites (tertiary alicyclic amines) is 1. The Kier molecular flexibility index (Phi) is 4.19. The molecule has 1 N–H and O–H groups in total. The van der Waals surface area contributed by atoms with Gasteiger partial charge in [-0.2, -0.15) is 0 Å². The van der Waals surface area contributed by atoms with Crippen LogP contribution in [-0.2, 0) is 0 Å². The Morgan fingerprint density at radius 3 is 2.27 bits per heavy atom. The maximum Gasteiger partial charge on any atom is 0.120 e. The summed E-state index contributed by atoms with van der Waals surface area (Å²) in [6, 6.07) is 1.26. The van der Waals surface area contributed by atoms with Crippen LogP contribution in [0.2, 0.25) is 0 Å². The van der Waals surface area contributed by atoms with Crippen LogP contribution in [0.1, 0.15) is 47.0 Å². The molecule has 0 aliphatic carbocycles. The normalized spacial score (nSPS) is 28.3. The number of nitrogens with zero attached hydrogens (tertiary/aromatic N) is 1. The van der Waals surface area contributed by atoms with Gasteiger partial charge in [-0.3, -0.25) is 4.90 Å². The van der Waals surface area contributed by atoms with E-state index >= 15 is 0 Å². The highest BCUT2D eigenvalue weighted by Gasteiger charge is 2.23. The molecule has 1 fully saturated rings. The van der Waals surface area contributed by atoms with Gasteiger partial charge in [0.25, 0.3) is 0 Å². The molecule has 0 saturated carbocycles. The van der Waals surface area contributed by atoms with Crippen molar-refractivity contribution in [1.29, 1.82) is 0 Å². The lowest BCUT2D eigenvalue weighted by Crippen LogP contribution is -2.43. The molecule has 86 valence electrons. The van der Waals surface area contributed by atoms with Crippen LogP contribution in [0.3, 0.4) is 0 Å². The number of hydrogen-bond donors (Lipinski definition) is 1. The number of hydrogen-bond acceptors (Lipinski definition) is 2. The van der Waals surface area contributed by atoms with Crippen LogP contribution < -0.4 is 0 Å². The average molecular weight is 209 g/mol. The van der Waals surface area contributed by atoms with Crippen LogP contribution in [0.15, 0.2) is 0 Å². The maximum absolute atomic E-state index is 9.49.